The minimum Gasteiger partial charge on any atom is -0.390 e. The Morgan fingerprint density at radius 3 is 2.33 bits per heavy atom. The number of aryl methyl sites for hydroxylation is 1. The van der Waals surface area contributed by atoms with Gasteiger partial charge in [-0.25, -0.2) is 4.39 Å². The highest BCUT2D eigenvalue weighted by Gasteiger charge is 2.41. The van der Waals surface area contributed by atoms with Crippen molar-refractivity contribution >= 4 is 5.78 Å². The molecule has 2 heterocycles. The van der Waals surface area contributed by atoms with Crippen molar-refractivity contribution < 1.29 is 14.3 Å². The molecule has 36 heavy (non-hydrogen) atoms. The van der Waals surface area contributed by atoms with Gasteiger partial charge in [0.15, 0.2) is 0 Å². The molecule has 3 unspecified atom stereocenters. The fraction of sp³-hybridized carbons (Fsp3) is 0.581. The highest BCUT2D eigenvalue weighted by Crippen LogP contribution is 2.37. The predicted octanol–water partition coefficient (Wildman–Crippen LogP) is 5.30. The third-order valence-corrected chi connectivity index (χ3v) is 8.44. The summed E-state index contributed by atoms with van der Waals surface area (Å²) in [5.41, 5.74) is 1.89. The van der Waals surface area contributed by atoms with Gasteiger partial charge in [-0.15, -0.1) is 0 Å². The Hall–Kier alpha value is -2.08. The molecule has 2 aromatic rings. The molecule has 2 fully saturated rings. The van der Waals surface area contributed by atoms with Gasteiger partial charge in [0.2, 0.25) is 0 Å². The van der Waals surface area contributed by atoms with E-state index in [0.29, 0.717) is 17.8 Å². The summed E-state index contributed by atoms with van der Waals surface area (Å²) >= 11 is 0. The number of carbonyl (C=O) groups excluding carboxylic acids is 1. The van der Waals surface area contributed by atoms with Crippen molar-refractivity contribution in [1.29, 1.82) is 0 Å². The number of nitrogens with zero attached hydrogens (tertiary/aromatic N) is 2. The number of ketones is 1. The van der Waals surface area contributed by atoms with Gasteiger partial charge in [-0.2, -0.15) is 0 Å². The lowest BCUT2D eigenvalue weighted by atomic mass is 9.84. The standard InChI is InChI=1S/C31H43FN2O2/c1-23(2)30(24(3)35)34-21-27(29(22-34)26-9-5-4-6-10-26)20-33-18-16-31(36,17-19-33)15-7-8-25-11-13-28(32)14-12-25/h4-6,9-14,23,27,29-30,36H,7-8,15-22H2,1-3H3. The number of hydrogen-bond donors (Lipinski definition) is 1. The van der Waals surface area contributed by atoms with Crippen molar-refractivity contribution in [2.24, 2.45) is 11.8 Å². The van der Waals surface area contributed by atoms with Crippen molar-refractivity contribution in [3.05, 3.63) is 71.5 Å². The van der Waals surface area contributed by atoms with Crippen molar-refractivity contribution in [2.45, 2.75) is 70.4 Å². The Labute approximate surface area is 216 Å². The van der Waals surface area contributed by atoms with Crippen molar-refractivity contribution in [1.82, 2.24) is 9.80 Å². The van der Waals surface area contributed by atoms with E-state index in [2.05, 4.69) is 54.0 Å². The van der Waals surface area contributed by atoms with Crippen LogP contribution in [0.15, 0.2) is 54.6 Å². The number of carbonyl (C=O) groups is 1. The molecule has 0 spiro atoms. The van der Waals surface area contributed by atoms with Gasteiger partial charge in [-0.1, -0.05) is 56.3 Å². The van der Waals surface area contributed by atoms with E-state index in [1.165, 1.54) is 17.7 Å². The topological polar surface area (TPSA) is 43.8 Å². The number of aliphatic hydroxyl groups is 1. The first-order valence-corrected chi connectivity index (χ1v) is 13.7. The second kappa shape index (κ2) is 12.0. The molecule has 2 aliphatic heterocycles. The van der Waals surface area contributed by atoms with Crippen LogP contribution in [0.25, 0.3) is 0 Å². The molecule has 0 aliphatic carbocycles. The smallest absolute Gasteiger partial charge is 0.147 e. The Kier molecular flexibility index (Phi) is 8.97. The molecular weight excluding hydrogens is 451 g/mol. The molecule has 3 atom stereocenters. The molecule has 2 aromatic carbocycles. The average Bonchev–Trinajstić information content (AvgIpc) is 3.25. The molecule has 5 heteroatoms. The second-order valence-corrected chi connectivity index (χ2v) is 11.5. The van der Waals surface area contributed by atoms with E-state index in [1.54, 1.807) is 6.92 Å². The third-order valence-electron chi connectivity index (χ3n) is 8.44. The number of rotatable bonds is 10. The van der Waals surface area contributed by atoms with Crippen LogP contribution >= 0.6 is 0 Å². The Balaban J connectivity index is 1.33. The SMILES string of the molecule is CC(=O)C(C(C)C)N1CC(CN2CCC(O)(CCCc3ccc(F)cc3)CC2)C(c2ccccc2)C1. The molecule has 0 saturated carbocycles. The molecule has 2 saturated heterocycles. The zero-order valence-corrected chi connectivity index (χ0v) is 22.2. The zero-order chi connectivity index (χ0) is 25.7. The van der Waals surface area contributed by atoms with E-state index in [4.69, 9.17) is 0 Å². The van der Waals surface area contributed by atoms with Crippen LogP contribution in [0.1, 0.15) is 63.5 Å². The lowest BCUT2D eigenvalue weighted by molar-refractivity contribution is -0.123. The molecule has 1 N–H and O–H groups in total. The maximum absolute atomic E-state index is 13.1. The van der Waals surface area contributed by atoms with E-state index >= 15 is 0 Å². The van der Waals surface area contributed by atoms with E-state index < -0.39 is 5.60 Å². The predicted molar refractivity (Wildman–Crippen MR) is 144 cm³/mol. The van der Waals surface area contributed by atoms with Crippen LogP contribution in [0.4, 0.5) is 4.39 Å². The summed E-state index contributed by atoms with van der Waals surface area (Å²) in [7, 11) is 0. The van der Waals surface area contributed by atoms with Gasteiger partial charge in [-0.05, 0) is 74.1 Å². The van der Waals surface area contributed by atoms with E-state index in [-0.39, 0.29) is 17.6 Å². The summed E-state index contributed by atoms with van der Waals surface area (Å²) < 4.78 is 13.1. The van der Waals surface area contributed by atoms with Crippen LogP contribution in [0.3, 0.4) is 0 Å². The average molecular weight is 495 g/mol. The number of halogens is 1. The van der Waals surface area contributed by atoms with Crippen molar-refractivity contribution in [3.63, 3.8) is 0 Å². The first-order valence-electron chi connectivity index (χ1n) is 13.7. The molecule has 0 aromatic heterocycles. The van der Waals surface area contributed by atoms with E-state index in [0.717, 1.165) is 70.4 Å². The number of benzene rings is 2. The highest BCUT2D eigenvalue weighted by atomic mass is 19.1. The summed E-state index contributed by atoms with van der Waals surface area (Å²) in [4.78, 5) is 17.4. The Morgan fingerprint density at radius 1 is 1.06 bits per heavy atom. The minimum atomic E-state index is -0.603. The number of hydrogen-bond acceptors (Lipinski definition) is 4. The van der Waals surface area contributed by atoms with Crippen LogP contribution in [0, 0.1) is 17.7 Å². The maximum Gasteiger partial charge on any atom is 0.147 e. The van der Waals surface area contributed by atoms with Crippen LogP contribution in [-0.4, -0.2) is 65.1 Å². The minimum absolute atomic E-state index is 0.0197. The van der Waals surface area contributed by atoms with Gasteiger partial charge in [0.05, 0.1) is 11.6 Å². The molecule has 0 bridgehead atoms. The molecule has 0 amide bonds. The molecule has 196 valence electrons. The number of Topliss-reactive ketones (excluding diaryl/α,β-unsaturated/α-hetero) is 1. The van der Waals surface area contributed by atoms with Crippen molar-refractivity contribution in [2.75, 3.05) is 32.7 Å². The lowest BCUT2D eigenvalue weighted by Gasteiger charge is -2.40. The van der Waals surface area contributed by atoms with E-state index in [1.807, 2.05) is 12.1 Å². The molecule has 2 aliphatic rings. The van der Waals surface area contributed by atoms with E-state index in [9.17, 15) is 14.3 Å². The summed E-state index contributed by atoms with van der Waals surface area (Å²) in [5, 5.41) is 11.2. The Bertz CT molecular complexity index is 970. The molecule has 4 nitrogen and oxygen atoms in total. The lowest BCUT2D eigenvalue weighted by Crippen LogP contribution is -2.47. The fourth-order valence-corrected chi connectivity index (χ4v) is 6.55. The first kappa shape index (κ1) is 27.0. The quantitative estimate of drug-likeness (QED) is 0.487. The molecule has 0 radical (unpaired) electrons. The second-order valence-electron chi connectivity index (χ2n) is 11.5. The van der Waals surface area contributed by atoms with Crippen LogP contribution in [0.5, 0.6) is 0 Å². The summed E-state index contributed by atoms with van der Waals surface area (Å²) in [5.74, 6) is 1.25. The Morgan fingerprint density at radius 2 is 1.72 bits per heavy atom. The largest absolute Gasteiger partial charge is 0.390 e. The number of likely N-dealkylation sites (tertiary alicyclic amines) is 2. The fourth-order valence-electron chi connectivity index (χ4n) is 6.55. The zero-order valence-electron chi connectivity index (χ0n) is 22.2. The number of piperidine rings is 1. The highest BCUT2D eigenvalue weighted by molar-refractivity contribution is 5.81. The van der Waals surface area contributed by atoms with Gasteiger partial charge in [0, 0.05) is 38.6 Å². The first-order chi connectivity index (χ1) is 17.2. The third kappa shape index (κ3) is 6.81. The van der Waals surface area contributed by atoms with Crippen LogP contribution in [0.2, 0.25) is 0 Å². The summed E-state index contributed by atoms with van der Waals surface area (Å²) in [6.07, 6.45) is 4.17. The van der Waals surface area contributed by atoms with Gasteiger partial charge in [0.25, 0.3) is 0 Å². The normalized spacial score (nSPS) is 23.7. The maximum atomic E-state index is 13.1. The van der Waals surface area contributed by atoms with Crippen molar-refractivity contribution in [3.8, 4) is 0 Å². The van der Waals surface area contributed by atoms with Gasteiger partial charge in [0.1, 0.15) is 11.6 Å². The van der Waals surface area contributed by atoms with Gasteiger partial charge >= 0.3 is 0 Å². The molecule has 4 rings (SSSR count). The summed E-state index contributed by atoms with van der Waals surface area (Å²) in [6.45, 7) is 10.7. The van der Waals surface area contributed by atoms with Crippen LogP contribution in [-0.2, 0) is 11.2 Å². The van der Waals surface area contributed by atoms with Crippen LogP contribution < -0.4 is 0 Å². The summed E-state index contributed by atoms with van der Waals surface area (Å²) in [6, 6.07) is 17.4. The van der Waals surface area contributed by atoms with Gasteiger partial charge < -0.3 is 10.0 Å². The monoisotopic (exact) mass is 494 g/mol. The molecular formula is C31H43FN2O2. The van der Waals surface area contributed by atoms with Gasteiger partial charge in [-0.3, -0.25) is 9.69 Å².